The number of primary amides is 1. The zero-order valence-corrected chi connectivity index (χ0v) is 9.41. The third-order valence-corrected chi connectivity index (χ3v) is 3.25. The van der Waals surface area contributed by atoms with E-state index >= 15 is 0 Å². The van der Waals surface area contributed by atoms with Crippen molar-refractivity contribution in [1.82, 2.24) is 5.32 Å². The average molecular weight is 214 g/mol. The van der Waals surface area contributed by atoms with E-state index in [4.69, 9.17) is 5.73 Å². The van der Waals surface area contributed by atoms with Crippen LogP contribution in [0.5, 0.6) is 0 Å². The molecule has 1 aliphatic carbocycles. The van der Waals surface area contributed by atoms with Crippen LogP contribution in [0.25, 0.3) is 0 Å². The van der Waals surface area contributed by atoms with Crippen molar-refractivity contribution in [1.29, 1.82) is 0 Å². The van der Waals surface area contributed by atoms with Crippen molar-refractivity contribution in [2.45, 2.75) is 51.2 Å². The van der Waals surface area contributed by atoms with Gasteiger partial charge in [-0.1, -0.05) is 19.8 Å². The zero-order chi connectivity index (χ0) is 11.3. The van der Waals surface area contributed by atoms with E-state index in [0.29, 0.717) is 13.0 Å². The van der Waals surface area contributed by atoms with Gasteiger partial charge in [0.25, 0.3) is 0 Å². The highest BCUT2D eigenvalue weighted by molar-refractivity contribution is 5.79. The summed E-state index contributed by atoms with van der Waals surface area (Å²) in [5, 5.41) is 12.9. The summed E-state index contributed by atoms with van der Waals surface area (Å²) in [5.74, 6) is -0.0186. The number of rotatable bonds is 5. The van der Waals surface area contributed by atoms with Crippen LogP contribution in [-0.4, -0.2) is 29.7 Å². The van der Waals surface area contributed by atoms with E-state index < -0.39 is 0 Å². The van der Waals surface area contributed by atoms with Crippen LogP contribution in [0.2, 0.25) is 0 Å². The SMILES string of the molecule is CCC(NCC1CCCCC1O)C(N)=O. The molecule has 0 radical (unpaired) electrons. The van der Waals surface area contributed by atoms with Crippen molar-refractivity contribution in [3.05, 3.63) is 0 Å². The molecule has 0 aromatic heterocycles. The number of hydrogen-bond acceptors (Lipinski definition) is 3. The van der Waals surface area contributed by atoms with Crippen LogP contribution >= 0.6 is 0 Å². The Morgan fingerprint density at radius 2 is 2.20 bits per heavy atom. The number of aliphatic hydroxyl groups is 1. The fourth-order valence-corrected chi connectivity index (χ4v) is 2.17. The molecule has 3 unspecified atom stereocenters. The maximum atomic E-state index is 11.0. The number of hydrogen-bond donors (Lipinski definition) is 3. The van der Waals surface area contributed by atoms with Crippen molar-refractivity contribution in [2.24, 2.45) is 11.7 Å². The molecule has 1 rings (SSSR count). The number of carbonyl (C=O) groups excluding carboxylic acids is 1. The highest BCUT2D eigenvalue weighted by atomic mass is 16.3. The summed E-state index contributed by atoms with van der Waals surface area (Å²) < 4.78 is 0. The lowest BCUT2D eigenvalue weighted by molar-refractivity contribution is -0.120. The van der Waals surface area contributed by atoms with E-state index in [0.717, 1.165) is 19.3 Å². The molecule has 3 atom stereocenters. The summed E-state index contributed by atoms with van der Waals surface area (Å²) in [6.45, 7) is 2.63. The van der Waals surface area contributed by atoms with Crippen LogP contribution < -0.4 is 11.1 Å². The number of nitrogens with one attached hydrogen (secondary N) is 1. The van der Waals surface area contributed by atoms with E-state index in [1.54, 1.807) is 0 Å². The molecule has 4 nitrogen and oxygen atoms in total. The highest BCUT2D eigenvalue weighted by Gasteiger charge is 2.24. The molecule has 15 heavy (non-hydrogen) atoms. The predicted molar refractivity (Wildman–Crippen MR) is 59.2 cm³/mol. The second kappa shape index (κ2) is 6.08. The first-order valence-corrected chi connectivity index (χ1v) is 5.86. The number of amides is 1. The van der Waals surface area contributed by atoms with Crippen molar-refractivity contribution in [3.63, 3.8) is 0 Å². The zero-order valence-electron chi connectivity index (χ0n) is 9.41. The van der Waals surface area contributed by atoms with Gasteiger partial charge in [-0.2, -0.15) is 0 Å². The Bertz CT molecular complexity index is 209. The van der Waals surface area contributed by atoms with E-state index in [-0.39, 0.29) is 24.0 Å². The molecule has 0 aromatic carbocycles. The molecule has 1 amide bonds. The maximum absolute atomic E-state index is 11.0. The lowest BCUT2D eigenvalue weighted by atomic mass is 9.86. The largest absolute Gasteiger partial charge is 0.393 e. The molecule has 0 saturated heterocycles. The van der Waals surface area contributed by atoms with Crippen LogP contribution in [0.15, 0.2) is 0 Å². The van der Waals surface area contributed by atoms with E-state index in [1.165, 1.54) is 6.42 Å². The molecule has 0 spiro atoms. The van der Waals surface area contributed by atoms with Crippen LogP contribution in [0.3, 0.4) is 0 Å². The van der Waals surface area contributed by atoms with Crippen LogP contribution in [0.4, 0.5) is 0 Å². The Hall–Kier alpha value is -0.610. The predicted octanol–water partition coefficient (Wildman–Crippen LogP) is 0.391. The van der Waals surface area contributed by atoms with Crippen molar-refractivity contribution in [2.75, 3.05) is 6.54 Å². The highest BCUT2D eigenvalue weighted by Crippen LogP contribution is 2.23. The summed E-state index contributed by atoms with van der Waals surface area (Å²) in [7, 11) is 0. The van der Waals surface area contributed by atoms with E-state index in [1.807, 2.05) is 6.92 Å². The second-order valence-electron chi connectivity index (χ2n) is 4.38. The van der Waals surface area contributed by atoms with Gasteiger partial charge in [0.15, 0.2) is 0 Å². The first-order valence-electron chi connectivity index (χ1n) is 5.86. The number of nitrogens with two attached hydrogens (primary N) is 1. The number of aliphatic hydroxyl groups excluding tert-OH is 1. The first kappa shape index (κ1) is 12.5. The third-order valence-electron chi connectivity index (χ3n) is 3.25. The molecule has 1 fully saturated rings. The summed E-state index contributed by atoms with van der Waals surface area (Å²) in [5.41, 5.74) is 5.23. The Balaban J connectivity index is 2.31. The normalized spacial score (nSPS) is 28.7. The maximum Gasteiger partial charge on any atom is 0.234 e. The van der Waals surface area contributed by atoms with Gasteiger partial charge >= 0.3 is 0 Å². The van der Waals surface area contributed by atoms with Crippen molar-refractivity contribution in [3.8, 4) is 0 Å². The quantitative estimate of drug-likeness (QED) is 0.619. The summed E-state index contributed by atoms with van der Waals surface area (Å²) in [4.78, 5) is 11.0. The van der Waals surface area contributed by atoms with Gasteiger partial charge in [0.1, 0.15) is 0 Å². The van der Waals surface area contributed by atoms with Crippen LogP contribution in [-0.2, 0) is 4.79 Å². The van der Waals surface area contributed by atoms with Gasteiger partial charge in [-0.15, -0.1) is 0 Å². The lowest BCUT2D eigenvalue weighted by Crippen LogP contribution is -2.45. The molecule has 0 aromatic rings. The van der Waals surface area contributed by atoms with Crippen molar-refractivity contribution >= 4 is 5.91 Å². The molecule has 1 aliphatic rings. The number of carbonyl (C=O) groups is 1. The molecule has 88 valence electrons. The minimum Gasteiger partial charge on any atom is -0.393 e. The van der Waals surface area contributed by atoms with Gasteiger partial charge in [-0.05, 0) is 25.2 Å². The van der Waals surface area contributed by atoms with Gasteiger partial charge in [0.05, 0.1) is 12.1 Å². The molecule has 4 heteroatoms. The van der Waals surface area contributed by atoms with Crippen LogP contribution in [0.1, 0.15) is 39.0 Å². The van der Waals surface area contributed by atoms with Crippen LogP contribution in [0, 0.1) is 5.92 Å². The van der Waals surface area contributed by atoms with Gasteiger partial charge in [-0.25, -0.2) is 0 Å². The molecular formula is C11H22N2O2. The van der Waals surface area contributed by atoms with E-state index in [9.17, 15) is 9.90 Å². The molecule has 1 saturated carbocycles. The minimum atomic E-state index is -0.303. The third kappa shape index (κ3) is 3.80. The summed E-state index contributed by atoms with van der Waals surface area (Å²) >= 11 is 0. The molecule has 4 N–H and O–H groups in total. The fraction of sp³-hybridized carbons (Fsp3) is 0.909. The standard InChI is InChI=1S/C11H22N2O2/c1-2-9(11(12)15)13-7-8-5-3-4-6-10(8)14/h8-10,13-14H,2-7H2,1H3,(H2,12,15). The first-order chi connectivity index (χ1) is 7.15. The summed E-state index contributed by atoms with van der Waals surface area (Å²) in [6.07, 6.45) is 4.72. The molecule has 0 aliphatic heterocycles. The lowest BCUT2D eigenvalue weighted by Gasteiger charge is -2.28. The Kier molecular flexibility index (Phi) is 5.05. The Morgan fingerprint density at radius 3 is 2.73 bits per heavy atom. The van der Waals surface area contributed by atoms with Gasteiger partial charge in [0.2, 0.25) is 5.91 Å². The monoisotopic (exact) mass is 214 g/mol. The molecular weight excluding hydrogens is 192 g/mol. The summed E-state index contributed by atoms with van der Waals surface area (Å²) in [6, 6.07) is -0.251. The van der Waals surface area contributed by atoms with E-state index in [2.05, 4.69) is 5.32 Å². The topological polar surface area (TPSA) is 75.3 Å². The van der Waals surface area contributed by atoms with Gasteiger partial charge < -0.3 is 16.2 Å². The Labute approximate surface area is 91.2 Å². The van der Waals surface area contributed by atoms with Gasteiger partial charge in [-0.3, -0.25) is 4.79 Å². The minimum absolute atomic E-state index is 0.211. The smallest absolute Gasteiger partial charge is 0.234 e. The molecule has 0 heterocycles. The Morgan fingerprint density at radius 1 is 1.53 bits per heavy atom. The average Bonchev–Trinajstić information content (AvgIpc) is 2.21. The second-order valence-corrected chi connectivity index (χ2v) is 4.38. The molecule has 0 bridgehead atoms. The fourth-order valence-electron chi connectivity index (χ4n) is 2.17. The van der Waals surface area contributed by atoms with Gasteiger partial charge in [0, 0.05) is 6.54 Å². The van der Waals surface area contributed by atoms with Crippen molar-refractivity contribution < 1.29 is 9.90 Å².